The molecule has 0 spiro atoms. The first-order valence-corrected chi connectivity index (χ1v) is 6.03. The molecule has 0 bridgehead atoms. The van der Waals surface area contributed by atoms with Crippen molar-refractivity contribution in [2.45, 2.75) is 12.3 Å². The van der Waals surface area contributed by atoms with Gasteiger partial charge in [0.1, 0.15) is 11.3 Å². The molecule has 0 amide bonds. The molecule has 0 saturated heterocycles. The first-order valence-electron chi connectivity index (χ1n) is 6.03. The molecule has 1 aromatic heterocycles. The van der Waals surface area contributed by atoms with Gasteiger partial charge in [0, 0.05) is 6.42 Å². The predicted molar refractivity (Wildman–Crippen MR) is 68.0 cm³/mol. The number of alkyl halides is 2. The van der Waals surface area contributed by atoms with Crippen LogP contribution in [0, 0.1) is 5.82 Å². The standard InChI is InChI=1S/C15H10F3NO/c16-11-7-5-10(6-8-11)9-15(17,18)14-19-12-3-1-2-4-13(12)20-14/h1-8H,9H2. The molecule has 0 atom stereocenters. The van der Waals surface area contributed by atoms with Gasteiger partial charge in [-0.15, -0.1) is 0 Å². The second kappa shape index (κ2) is 4.67. The molecule has 0 unspecified atom stereocenters. The first-order chi connectivity index (χ1) is 9.54. The summed E-state index contributed by atoms with van der Waals surface area (Å²) in [5.74, 6) is -4.32. The maximum atomic E-state index is 14.1. The highest BCUT2D eigenvalue weighted by atomic mass is 19.3. The molecule has 0 saturated carbocycles. The molecule has 0 aliphatic heterocycles. The lowest BCUT2D eigenvalue weighted by Crippen LogP contribution is -2.17. The maximum absolute atomic E-state index is 14.1. The van der Waals surface area contributed by atoms with E-state index in [9.17, 15) is 13.2 Å². The van der Waals surface area contributed by atoms with Crippen LogP contribution in [-0.4, -0.2) is 4.98 Å². The fourth-order valence-electron chi connectivity index (χ4n) is 1.96. The molecule has 2 aromatic carbocycles. The monoisotopic (exact) mass is 277 g/mol. The Bertz CT molecular complexity index is 701. The van der Waals surface area contributed by atoms with Gasteiger partial charge in [0.25, 0.3) is 5.89 Å². The lowest BCUT2D eigenvalue weighted by molar-refractivity contribution is -0.0293. The smallest absolute Gasteiger partial charge is 0.326 e. The number of halogens is 3. The van der Waals surface area contributed by atoms with E-state index in [1.54, 1.807) is 24.3 Å². The van der Waals surface area contributed by atoms with E-state index in [-0.39, 0.29) is 0 Å². The average Bonchev–Trinajstić information content (AvgIpc) is 2.86. The SMILES string of the molecule is Fc1ccc(CC(F)(F)c2nc3ccccc3o2)cc1. The Labute approximate surface area is 112 Å². The average molecular weight is 277 g/mol. The Hall–Kier alpha value is -2.30. The van der Waals surface area contributed by atoms with Crippen LogP contribution in [0.2, 0.25) is 0 Å². The van der Waals surface area contributed by atoms with E-state index < -0.39 is 24.1 Å². The second-order valence-electron chi connectivity index (χ2n) is 4.49. The zero-order chi connectivity index (χ0) is 14.2. The van der Waals surface area contributed by atoms with Gasteiger partial charge in [-0.25, -0.2) is 9.37 Å². The quantitative estimate of drug-likeness (QED) is 0.713. The van der Waals surface area contributed by atoms with Crippen LogP contribution in [0.15, 0.2) is 52.9 Å². The van der Waals surface area contributed by atoms with Gasteiger partial charge in [-0.2, -0.15) is 8.78 Å². The largest absolute Gasteiger partial charge is 0.435 e. The summed E-state index contributed by atoms with van der Waals surface area (Å²) in [6, 6.07) is 11.5. The summed E-state index contributed by atoms with van der Waals surface area (Å²) in [7, 11) is 0. The molecule has 0 N–H and O–H groups in total. The van der Waals surface area contributed by atoms with E-state index in [0.29, 0.717) is 16.7 Å². The summed E-state index contributed by atoms with van der Waals surface area (Å²) in [6.07, 6.45) is -0.583. The van der Waals surface area contributed by atoms with Crippen LogP contribution in [0.25, 0.3) is 11.1 Å². The second-order valence-corrected chi connectivity index (χ2v) is 4.49. The first kappa shape index (κ1) is 12.7. The molecule has 102 valence electrons. The van der Waals surface area contributed by atoms with Crippen molar-refractivity contribution >= 4 is 11.1 Å². The summed E-state index contributed by atoms with van der Waals surface area (Å²) in [4.78, 5) is 3.81. The Kier molecular flexibility index (Phi) is 2.97. The van der Waals surface area contributed by atoms with Crippen molar-refractivity contribution in [3.8, 4) is 0 Å². The highest BCUT2D eigenvalue weighted by Gasteiger charge is 2.37. The summed E-state index contributed by atoms with van der Waals surface area (Å²) in [6.45, 7) is 0. The molecule has 3 rings (SSSR count). The number of para-hydroxylation sites is 2. The van der Waals surface area contributed by atoms with Crippen LogP contribution < -0.4 is 0 Å². The van der Waals surface area contributed by atoms with Gasteiger partial charge in [0.2, 0.25) is 0 Å². The number of fused-ring (bicyclic) bond motifs is 1. The van der Waals surface area contributed by atoms with Gasteiger partial charge in [0.15, 0.2) is 5.58 Å². The van der Waals surface area contributed by atoms with Crippen molar-refractivity contribution in [1.82, 2.24) is 4.98 Å². The topological polar surface area (TPSA) is 26.0 Å². The third-order valence-corrected chi connectivity index (χ3v) is 2.95. The summed E-state index contributed by atoms with van der Waals surface area (Å²) < 4.78 is 46.1. The minimum Gasteiger partial charge on any atom is -0.435 e. The van der Waals surface area contributed by atoms with Crippen molar-refractivity contribution in [3.05, 3.63) is 65.8 Å². The molecular formula is C15H10F3NO. The molecule has 0 aliphatic rings. The fraction of sp³-hybridized carbons (Fsp3) is 0.133. The van der Waals surface area contributed by atoms with Crippen molar-refractivity contribution in [3.63, 3.8) is 0 Å². The number of benzene rings is 2. The fourth-order valence-corrected chi connectivity index (χ4v) is 1.96. The number of nitrogens with zero attached hydrogens (tertiary/aromatic N) is 1. The van der Waals surface area contributed by atoms with Crippen LogP contribution in [0.4, 0.5) is 13.2 Å². The number of rotatable bonds is 3. The number of hydrogen-bond donors (Lipinski definition) is 0. The van der Waals surface area contributed by atoms with Crippen molar-refractivity contribution in [1.29, 1.82) is 0 Å². The van der Waals surface area contributed by atoms with E-state index >= 15 is 0 Å². The molecule has 0 fully saturated rings. The van der Waals surface area contributed by atoms with Crippen molar-refractivity contribution < 1.29 is 17.6 Å². The summed E-state index contributed by atoms with van der Waals surface area (Å²) in [5.41, 5.74) is 1.03. The van der Waals surface area contributed by atoms with E-state index in [2.05, 4.69) is 4.98 Å². The zero-order valence-corrected chi connectivity index (χ0v) is 10.3. The van der Waals surface area contributed by atoms with Gasteiger partial charge in [-0.05, 0) is 29.8 Å². The predicted octanol–water partition coefficient (Wildman–Crippen LogP) is 4.30. The Morgan fingerprint density at radius 3 is 2.40 bits per heavy atom. The molecule has 0 aliphatic carbocycles. The molecular weight excluding hydrogens is 267 g/mol. The minimum absolute atomic E-state index is 0.318. The van der Waals surface area contributed by atoms with Crippen LogP contribution >= 0.6 is 0 Å². The van der Waals surface area contributed by atoms with Crippen LogP contribution in [-0.2, 0) is 12.3 Å². The van der Waals surface area contributed by atoms with E-state index in [1.807, 2.05) is 0 Å². The lowest BCUT2D eigenvalue weighted by Gasteiger charge is -2.12. The number of aromatic nitrogens is 1. The van der Waals surface area contributed by atoms with Crippen molar-refractivity contribution in [2.75, 3.05) is 0 Å². The van der Waals surface area contributed by atoms with Gasteiger partial charge in [0.05, 0.1) is 0 Å². The molecule has 0 radical (unpaired) electrons. The highest BCUT2D eigenvalue weighted by molar-refractivity contribution is 5.72. The van der Waals surface area contributed by atoms with Crippen LogP contribution in [0.1, 0.15) is 11.5 Å². The van der Waals surface area contributed by atoms with Crippen LogP contribution in [0.5, 0.6) is 0 Å². The maximum Gasteiger partial charge on any atom is 0.326 e. The Morgan fingerprint density at radius 2 is 1.70 bits per heavy atom. The summed E-state index contributed by atoms with van der Waals surface area (Å²) in [5, 5.41) is 0. The van der Waals surface area contributed by atoms with Crippen molar-refractivity contribution in [2.24, 2.45) is 0 Å². The van der Waals surface area contributed by atoms with Crippen LogP contribution in [0.3, 0.4) is 0 Å². The van der Waals surface area contributed by atoms with E-state index in [0.717, 1.165) is 12.1 Å². The summed E-state index contributed by atoms with van der Waals surface area (Å²) >= 11 is 0. The highest BCUT2D eigenvalue weighted by Crippen LogP contribution is 2.33. The molecule has 5 heteroatoms. The number of oxazole rings is 1. The molecule has 20 heavy (non-hydrogen) atoms. The Balaban J connectivity index is 1.92. The molecule has 3 aromatic rings. The van der Waals surface area contributed by atoms with E-state index in [4.69, 9.17) is 4.42 Å². The Morgan fingerprint density at radius 1 is 1.00 bits per heavy atom. The zero-order valence-electron chi connectivity index (χ0n) is 10.3. The van der Waals surface area contributed by atoms with Gasteiger partial charge in [-0.3, -0.25) is 0 Å². The van der Waals surface area contributed by atoms with Gasteiger partial charge >= 0.3 is 5.92 Å². The molecule has 2 nitrogen and oxygen atoms in total. The minimum atomic E-state index is -3.24. The van der Waals surface area contributed by atoms with E-state index in [1.165, 1.54) is 12.1 Å². The third kappa shape index (κ3) is 2.39. The lowest BCUT2D eigenvalue weighted by atomic mass is 10.1. The normalized spacial score (nSPS) is 11.9. The number of hydrogen-bond acceptors (Lipinski definition) is 2. The van der Waals surface area contributed by atoms with Gasteiger partial charge in [-0.1, -0.05) is 24.3 Å². The third-order valence-electron chi connectivity index (χ3n) is 2.95. The molecule has 1 heterocycles. The van der Waals surface area contributed by atoms with Gasteiger partial charge < -0.3 is 4.42 Å².